The largest absolute Gasteiger partial charge is 0.335 e. The summed E-state index contributed by atoms with van der Waals surface area (Å²) in [6.07, 6.45) is 0. The molecule has 1 heterocycles. The summed E-state index contributed by atoms with van der Waals surface area (Å²) in [5, 5.41) is 1.24. The van der Waals surface area contributed by atoms with Crippen LogP contribution in [-0.2, 0) is 24.0 Å². The first-order valence-corrected chi connectivity index (χ1v) is 7.35. The van der Waals surface area contributed by atoms with E-state index in [9.17, 15) is 24.0 Å². The second-order valence-electron chi connectivity index (χ2n) is 5.79. The minimum atomic E-state index is -0.759. The smallest absolute Gasteiger partial charge is 0.258 e. The number of nitrogens with two attached hydrogens (primary N) is 2. The van der Waals surface area contributed by atoms with E-state index in [0.717, 1.165) is 14.7 Å². The lowest BCUT2D eigenvalue weighted by atomic mass is 10.4. The van der Waals surface area contributed by atoms with E-state index in [-0.39, 0.29) is 19.6 Å². The summed E-state index contributed by atoms with van der Waals surface area (Å²) in [6.45, 7) is -1.94. The van der Waals surface area contributed by atoms with E-state index in [2.05, 4.69) is 0 Å². The van der Waals surface area contributed by atoms with Gasteiger partial charge in [0, 0.05) is 21.1 Å². The molecule has 0 aromatic carbocycles. The van der Waals surface area contributed by atoms with Crippen molar-refractivity contribution < 1.29 is 24.0 Å². The normalized spacial score (nSPS) is 20.2. The molecule has 25 heavy (non-hydrogen) atoms. The molecule has 1 fully saturated rings. The van der Waals surface area contributed by atoms with Gasteiger partial charge < -0.3 is 14.7 Å². The maximum absolute atomic E-state index is 12.1. The molecular formula is C13H23N7O5. The third-order valence-corrected chi connectivity index (χ3v) is 3.65. The van der Waals surface area contributed by atoms with Gasteiger partial charge in [0.15, 0.2) is 0 Å². The number of hydrogen-bond acceptors (Lipinski definition) is 7. The van der Waals surface area contributed by atoms with Crippen molar-refractivity contribution in [2.45, 2.75) is 0 Å². The zero-order valence-electron chi connectivity index (χ0n) is 14.5. The van der Waals surface area contributed by atoms with Crippen LogP contribution in [-0.4, -0.2) is 108 Å². The van der Waals surface area contributed by atoms with E-state index in [1.165, 1.54) is 21.1 Å². The number of amides is 5. The number of hydrazine groups is 2. The molecule has 4 N–H and O–H groups in total. The van der Waals surface area contributed by atoms with Gasteiger partial charge in [0.2, 0.25) is 17.7 Å². The predicted octanol–water partition coefficient (Wildman–Crippen LogP) is -4.22. The summed E-state index contributed by atoms with van der Waals surface area (Å²) < 4.78 is 0. The van der Waals surface area contributed by atoms with Crippen LogP contribution in [0.25, 0.3) is 0 Å². The highest BCUT2D eigenvalue weighted by molar-refractivity contribution is 5.92. The summed E-state index contributed by atoms with van der Waals surface area (Å²) in [5.74, 6) is 8.03. The molecule has 1 rings (SSSR count). The highest BCUT2D eigenvalue weighted by Gasteiger charge is 2.25. The SMILES string of the molecule is CN1CC(=O)N(C)CC(=O)N(N)CC(=O)N(N)CC(=O)N(C)CC1=O. The van der Waals surface area contributed by atoms with Crippen molar-refractivity contribution in [3.05, 3.63) is 0 Å². The summed E-state index contributed by atoms with van der Waals surface area (Å²) in [5.41, 5.74) is 0. The zero-order chi connectivity index (χ0) is 19.3. The fourth-order valence-corrected chi connectivity index (χ4v) is 1.88. The molecule has 0 spiro atoms. The van der Waals surface area contributed by atoms with Crippen molar-refractivity contribution >= 4 is 29.5 Å². The molecule has 0 aliphatic carbocycles. The molecule has 1 aliphatic rings. The van der Waals surface area contributed by atoms with Crippen LogP contribution in [0.3, 0.4) is 0 Å². The first-order valence-electron chi connectivity index (χ1n) is 7.35. The lowest BCUT2D eigenvalue weighted by molar-refractivity contribution is -0.145. The number of carbonyl (C=O) groups excluding carboxylic acids is 5. The number of nitrogens with zero attached hydrogens (tertiary/aromatic N) is 5. The first-order chi connectivity index (χ1) is 11.5. The fourth-order valence-electron chi connectivity index (χ4n) is 1.88. The second-order valence-corrected chi connectivity index (χ2v) is 5.79. The lowest BCUT2D eigenvalue weighted by Gasteiger charge is -2.24. The average Bonchev–Trinajstić information content (AvgIpc) is 2.53. The topological polar surface area (TPSA) is 154 Å². The van der Waals surface area contributed by atoms with Gasteiger partial charge in [-0.1, -0.05) is 0 Å². The quantitative estimate of drug-likeness (QED) is 0.329. The predicted molar refractivity (Wildman–Crippen MR) is 84.7 cm³/mol. The van der Waals surface area contributed by atoms with Crippen molar-refractivity contribution in [3.63, 3.8) is 0 Å². The van der Waals surface area contributed by atoms with Crippen molar-refractivity contribution in [2.24, 2.45) is 11.7 Å². The number of likely N-dealkylation sites (N-methyl/N-ethyl adjacent to an activating group) is 3. The van der Waals surface area contributed by atoms with Crippen molar-refractivity contribution in [1.82, 2.24) is 24.7 Å². The van der Waals surface area contributed by atoms with Gasteiger partial charge in [-0.2, -0.15) is 0 Å². The molecule has 0 saturated carbocycles. The molecule has 140 valence electrons. The summed E-state index contributed by atoms with van der Waals surface area (Å²) >= 11 is 0. The Morgan fingerprint density at radius 3 is 1.16 bits per heavy atom. The molecule has 0 radical (unpaired) electrons. The van der Waals surface area contributed by atoms with Gasteiger partial charge in [-0.25, -0.2) is 11.7 Å². The molecule has 0 aromatic rings. The first kappa shape index (κ1) is 20.3. The minimum absolute atomic E-state index is 0.267. The average molecular weight is 357 g/mol. The third kappa shape index (κ3) is 5.69. The van der Waals surface area contributed by atoms with E-state index in [1.54, 1.807) is 0 Å². The third-order valence-electron chi connectivity index (χ3n) is 3.65. The molecule has 1 saturated heterocycles. The van der Waals surface area contributed by atoms with Crippen molar-refractivity contribution in [3.8, 4) is 0 Å². The van der Waals surface area contributed by atoms with Crippen LogP contribution >= 0.6 is 0 Å². The van der Waals surface area contributed by atoms with Gasteiger partial charge in [0.05, 0.1) is 13.1 Å². The lowest BCUT2D eigenvalue weighted by Crippen LogP contribution is -2.53. The maximum atomic E-state index is 12.1. The van der Waals surface area contributed by atoms with E-state index >= 15 is 0 Å². The van der Waals surface area contributed by atoms with Crippen LogP contribution in [0.5, 0.6) is 0 Å². The molecule has 12 heteroatoms. The Bertz CT molecular complexity index is 465. The second kappa shape index (κ2) is 8.39. The highest BCUT2D eigenvalue weighted by Crippen LogP contribution is 1.98. The van der Waals surface area contributed by atoms with Crippen molar-refractivity contribution in [1.29, 1.82) is 0 Å². The Labute approximate surface area is 144 Å². The highest BCUT2D eigenvalue weighted by atomic mass is 16.2. The van der Waals surface area contributed by atoms with Crippen LogP contribution in [0.1, 0.15) is 0 Å². The molecule has 12 nitrogen and oxygen atoms in total. The van der Waals surface area contributed by atoms with Gasteiger partial charge >= 0.3 is 0 Å². The Kier molecular flexibility index (Phi) is 6.82. The molecular weight excluding hydrogens is 334 g/mol. The Morgan fingerprint density at radius 2 is 0.760 bits per heavy atom. The monoisotopic (exact) mass is 357 g/mol. The van der Waals surface area contributed by atoms with Crippen molar-refractivity contribution in [2.75, 3.05) is 53.9 Å². The Balaban J connectivity index is 3.01. The van der Waals surface area contributed by atoms with E-state index in [4.69, 9.17) is 11.7 Å². The number of rotatable bonds is 0. The van der Waals surface area contributed by atoms with Gasteiger partial charge in [-0.15, -0.1) is 0 Å². The number of hydrogen-bond donors (Lipinski definition) is 2. The molecule has 1 aliphatic heterocycles. The molecule has 5 amide bonds. The molecule has 0 bridgehead atoms. The van der Waals surface area contributed by atoms with Gasteiger partial charge in [-0.3, -0.25) is 34.0 Å². The Hall–Kier alpha value is -2.73. The summed E-state index contributed by atoms with van der Waals surface area (Å²) in [7, 11) is 4.15. The van der Waals surface area contributed by atoms with Gasteiger partial charge in [0.1, 0.15) is 19.6 Å². The minimum Gasteiger partial charge on any atom is -0.335 e. The van der Waals surface area contributed by atoms with Crippen LogP contribution in [0, 0.1) is 0 Å². The van der Waals surface area contributed by atoms with Gasteiger partial charge in [-0.05, 0) is 0 Å². The zero-order valence-corrected chi connectivity index (χ0v) is 14.5. The number of carbonyl (C=O) groups is 5. The molecule has 0 atom stereocenters. The van der Waals surface area contributed by atoms with Crippen LogP contribution in [0.2, 0.25) is 0 Å². The summed E-state index contributed by atoms with van der Waals surface area (Å²) in [6, 6.07) is 0. The Morgan fingerprint density at radius 1 is 0.520 bits per heavy atom. The summed E-state index contributed by atoms with van der Waals surface area (Å²) in [4.78, 5) is 63.4. The fraction of sp³-hybridized carbons (Fsp3) is 0.615. The van der Waals surface area contributed by atoms with E-state index in [1.807, 2.05) is 0 Å². The van der Waals surface area contributed by atoms with Crippen LogP contribution in [0.4, 0.5) is 0 Å². The van der Waals surface area contributed by atoms with E-state index in [0.29, 0.717) is 10.0 Å². The van der Waals surface area contributed by atoms with Crippen LogP contribution < -0.4 is 11.7 Å². The van der Waals surface area contributed by atoms with Gasteiger partial charge in [0.25, 0.3) is 11.8 Å². The molecule has 0 aromatic heterocycles. The van der Waals surface area contributed by atoms with E-state index < -0.39 is 42.6 Å². The van der Waals surface area contributed by atoms with Crippen LogP contribution in [0.15, 0.2) is 0 Å². The maximum Gasteiger partial charge on any atom is 0.258 e. The standard InChI is InChI=1S/C13H23N7O5/c1-16-4-10(22)18(3)6-12(24)20(15)8-13(25)19(14)7-11(23)17(2)5-9(16)21/h4-8,14-15H2,1-3H3. The molecule has 0 unspecified atom stereocenters.